The molecule has 0 aliphatic rings. The van der Waals surface area contributed by atoms with Crippen molar-refractivity contribution in [2.24, 2.45) is 0 Å². The van der Waals surface area contributed by atoms with Crippen molar-refractivity contribution >= 4 is 5.78 Å². The maximum atomic E-state index is 11.8. The van der Waals surface area contributed by atoms with Crippen molar-refractivity contribution in [1.29, 1.82) is 0 Å². The Bertz CT molecular complexity index is 502. The maximum Gasteiger partial charge on any atom is 0.176 e. The molecule has 0 amide bonds. The normalized spacial score (nSPS) is 10.3. The molecule has 0 heterocycles. The topological polar surface area (TPSA) is 29.1 Å². The molecule has 2 aromatic rings. The van der Waals surface area contributed by atoms with Crippen molar-refractivity contribution in [3.8, 4) is 11.1 Å². The smallest absolute Gasteiger partial charge is 0.176 e. The molecule has 18 heavy (non-hydrogen) atoms. The van der Waals surface area contributed by atoms with Gasteiger partial charge in [0.1, 0.15) is 0 Å². The molecule has 2 aromatic carbocycles. The number of hydrogen-bond donors (Lipinski definition) is 1. The predicted octanol–water partition coefficient (Wildman–Crippen LogP) is 3.15. The van der Waals surface area contributed by atoms with E-state index in [1.165, 1.54) is 5.56 Å². The average Bonchev–Trinajstić information content (AvgIpc) is 2.46. The Morgan fingerprint density at radius 1 is 0.944 bits per heavy atom. The van der Waals surface area contributed by atoms with Crippen molar-refractivity contribution < 1.29 is 4.79 Å². The van der Waals surface area contributed by atoms with Gasteiger partial charge in [-0.1, -0.05) is 61.5 Å². The molecule has 92 valence electrons. The number of rotatable bonds is 5. The lowest BCUT2D eigenvalue weighted by Crippen LogP contribution is -2.22. The highest BCUT2D eigenvalue weighted by molar-refractivity contribution is 5.98. The fourth-order valence-corrected chi connectivity index (χ4v) is 1.82. The molecule has 2 heteroatoms. The van der Waals surface area contributed by atoms with Crippen LogP contribution in [0.3, 0.4) is 0 Å². The molecule has 0 bridgehead atoms. The molecule has 0 aromatic heterocycles. The summed E-state index contributed by atoms with van der Waals surface area (Å²) in [6.45, 7) is 3.21. The van der Waals surface area contributed by atoms with Crippen molar-refractivity contribution in [2.75, 3.05) is 13.1 Å². The van der Waals surface area contributed by atoms with Crippen molar-refractivity contribution in [1.82, 2.24) is 5.32 Å². The second-order valence-corrected chi connectivity index (χ2v) is 4.15. The van der Waals surface area contributed by atoms with Crippen LogP contribution < -0.4 is 5.32 Å². The molecule has 0 fully saturated rings. The van der Waals surface area contributed by atoms with Gasteiger partial charge < -0.3 is 5.32 Å². The molecule has 2 nitrogen and oxygen atoms in total. The van der Waals surface area contributed by atoms with E-state index in [0.29, 0.717) is 6.54 Å². The second-order valence-electron chi connectivity index (χ2n) is 4.15. The van der Waals surface area contributed by atoms with Crippen LogP contribution in [0.5, 0.6) is 0 Å². The van der Waals surface area contributed by atoms with Gasteiger partial charge in [0, 0.05) is 5.56 Å². The highest BCUT2D eigenvalue weighted by Gasteiger charge is 2.04. The third-order valence-electron chi connectivity index (χ3n) is 2.85. The van der Waals surface area contributed by atoms with Crippen LogP contribution in [0.25, 0.3) is 11.1 Å². The first-order chi connectivity index (χ1) is 8.81. The first-order valence-electron chi connectivity index (χ1n) is 6.20. The molecule has 0 radical (unpaired) electrons. The molecule has 2 rings (SSSR count). The molecule has 0 saturated carbocycles. The third kappa shape index (κ3) is 3.05. The highest BCUT2D eigenvalue weighted by Crippen LogP contribution is 2.19. The zero-order valence-electron chi connectivity index (χ0n) is 10.5. The van der Waals surface area contributed by atoms with Crippen molar-refractivity contribution in [3.63, 3.8) is 0 Å². The zero-order chi connectivity index (χ0) is 12.8. The number of nitrogens with one attached hydrogen (secondary N) is 1. The minimum atomic E-state index is 0.136. The summed E-state index contributed by atoms with van der Waals surface area (Å²) in [5.74, 6) is 0.136. The SMILES string of the molecule is CCNCC(=O)c1ccc(-c2ccccc2)cc1. The summed E-state index contributed by atoms with van der Waals surface area (Å²) in [4.78, 5) is 11.8. The Morgan fingerprint density at radius 2 is 1.56 bits per heavy atom. The van der Waals surface area contributed by atoms with Crippen LogP contribution in [-0.2, 0) is 0 Å². The van der Waals surface area contributed by atoms with Gasteiger partial charge in [-0.15, -0.1) is 0 Å². The molecule has 0 aliphatic carbocycles. The quantitative estimate of drug-likeness (QED) is 0.812. The van der Waals surface area contributed by atoms with Crippen LogP contribution in [0.4, 0.5) is 0 Å². The summed E-state index contributed by atoms with van der Waals surface area (Å²) in [6.07, 6.45) is 0. The van der Waals surface area contributed by atoms with E-state index in [2.05, 4.69) is 17.4 Å². The first-order valence-corrected chi connectivity index (χ1v) is 6.20. The van der Waals surface area contributed by atoms with Crippen LogP contribution in [-0.4, -0.2) is 18.9 Å². The minimum Gasteiger partial charge on any atom is -0.310 e. The summed E-state index contributed by atoms with van der Waals surface area (Å²) in [6, 6.07) is 17.9. The number of Topliss-reactive ketones (excluding diaryl/α,β-unsaturated/α-hetero) is 1. The standard InChI is InChI=1S/C16H17NO/c1-2-17-12-16(18)15-10-8-14(9-11-15)13-6-4-3-5-7-13/h3-11,17H,2,12H2,1H3. The van der Waals surface area contributed by atoms with E-state index >= 15 is 0 Å². The van der Waals surface area contributed by atoms with Gasteiger partial charge in [-0.2, -0.15) is 0 Å². The van der Waals surface area contributed by atoms with Gasteiger partial charge in [0.2, 0.25) is 0 Å². The van der Waals surface area contributed by atoms with Gasteiger partial charge in [-0.05, 0) is 17.7 Å². The maximum absolute atomic E-state index is 11.8. The Kier molecular flexibility index (Phi) is 4.26. The predicted molar refractivity (Wildman–Crippen MR) is 74.8 cm³/mol. The lowest BCUT2D eigenvalue weighted by molar-refractivity contribution is 0.0992. The molecular weight excluding hydrogens is 222 g/mol. The van der Waals surface area contributed by atoms with Crippen LogP contribution in [0.2, 0.25) is 0 Å². The number of ketones is 1. The van der Waals surface area contributed by atoms with Crippen molar-refractivity contribution in [3.05, 3.63) is 60.2 Å². The second kappa shape index (κ2) is 6.12. The van der Waals surface area contributed by atoms with E-state index in [-0.39, 0.29) is 5.78 Å². The fraction of sp³-hybridized carbons (Fsp3) is 0.188. The monoisotopic (exact) mass is 239 g/mol. The van der Waals surface area contributed by atoms with Gasteiger partial charge in [-0.25, -0.2) is 0 Å². The Morgan fingerprint density at radius 3 is 2.17 bits per heavy atom. The van der Waals surface area contributed by atoms with E-state index in [9.17, 15) is 4.79 Å². The number of benzene rings is 2. The van der Waals surface area contributed by atoms with Crippen LogP contribution in [0.15, 0.2) is 54.6 Å². The molecule has 0 unspecified atom stereocenters. The van der Waals surface area contributed by atoms with Crippen molar-refractivity contribution in [2.45, 2.75) is 6.92 Å². The average molecular weight is 239 g/mol. The lowest BCUT2D eigenvalue weighted by Gasteiger charge is -2.04. The van der Waals surface area contributed by atoms with E-state index in [1.807, 2.05) is 49.4 Å². The summed E-state index contributed by atoms with van der Waals surface area (Å²) in [7, 11) is 0. The molecule has 0 spiro atoms. The zero-order valence-corrected chi connectivity index (χ0v) is 10.5. The van der Waals surface area contributed by atoms with Gasteiger partial charge in [0.25, 0.3) is 0 Å². The number of likely N-dealkylation sites (N-methyl/N-ethyl adjacent to an activating group) is 1. The van der Waals surface area contributed by atoms with Gasteiger partial charge in [0.05, 0.1) is 6.54 Å². The van der Waals surface area contributed by atoms with E-state index in [4.69, 9.17) is 0 Å². The number of carbonyl (C=O) groups is 1. The van der Waals surface area contributed by atoms with E-state index in [0.717, 1.165) is 17.7 Å². The summed E-state index contributed by atoms with van der Waals surface area (Å²) in [5, 5.41) is 3.04. The largest absolute Gasteiger partial charge is 0.310 e. The van der Waals surface area contributed by atoms with Gasteiger partial charge in [0.15, 0.2) is 5.78 Å². The lowest BCUT2D eigenvalue weighted by atomic mass is 10.0. The fourth-order valence-electron chi connectivity index (χ4n) is 1.82. The van der Waals surface area contributed by atoms with Gasteiger partial charge >= 0.3 is 0 Å². The Labute approximate surface area is 108 Å². The molecule has 0 saturated heterocycles. The summed E-state index contributed by atoms with van der Waals surface area (Å²) >= 11 is 0. The third-order valence-corrected chi connectivity index (χ3v) is 2.85. The Balaban J connectivity index is 2.13. The molecule has 1 N–H and O–H groups in total. The van der Waals surface area contributed by atoms with Gasteiger partial charge in [-0.3, -0.25) is 4.79 Å². The summed E-state index contributed by atoms with van der Waals surface area (Å²) < 4.78 is 0. The molecule has 0 aliphatic heterocycles. The molecule has 0 atom stereocenters. The summed E-state index contributed by atoms with van der Waals surface area (Å²) in [5.41, 5.74) is 3.06. The number of carbonyl (C=O) groups excluding carboxylic acids is 1. The first kappa shape index (κ1) is 12.5. The number of hydrogen-bond acceptors (Lipinski definition) is 2. The Hall–Kier alpha value is -1.93. The highest BCUT2D eigenvalue weighted by atomic mass is 16.1. The van der Waals surface area contributed by atoms with Crippen LogP contribution in [0, 0.1) is 0 Å². The minimum absolute atomic E-state index is 0.136. The van der Waals surface area contributed by atoms with Crippen LogP contribution >= 0.6 is 0 Å². The molecular formula is C16H17NO. The van der Waals surface area contributed by atoms with E-state index in [1.54, 1.807) is 0 Å². The van der Waals surface area contributed by atoms with Crippen LogP contribution in [0.1, 0.15) is 17.3 Å². The van der Waals surface area contributed by atoms with E-state index < -0.39 is 0 Å².